The smallest absolute Gasteiger partial charge is 0.254 e. The molecule has 2 saturated carbocycles. The molecule has 20 heteroatoms. The lowest BCUT2D eigenvalue weighted by atomic mass is 10.1. The fraction of sp³-hybridized carbons (Fsp3) is 0.275. The standard InChI is InChI=1S/C22H22N6O4S.C18H19N5O3S/c1-27(33(2,31)32)17-5-3-4-13(9-17)18-11-19(24-16-6-7-16)28-21(25-18)15(12-23-28)8-14-10-20(29)26-22(14)30;1-22(27(2,25)26)15-5-3-4-12(8-15)16-9-17(20-14-6-7-14)23-18(21-16)13(11-24)10-19-23/h3-5,8-9,11-12,16,24H,6-7,10H2,1-2H3,(H,26,29,30);3-5,8-11,14,20H,6-7H2,1-2H3/b14-8+;. The Morgan fingerprint density at radius 2 is 1.18 bits per heavy atom. The van der Waals surface area contributed by atoms with Crippen molar-refractivity contribution in [3.63, 3.8) is 0 Å². The number of carbonyl (C=O) groups excluding carboxylic acids is 3. The monoisotopic (exact) mass is 851 g/mol. The van der Waals surface area contributed by atoms with Crippen molar-refractivity contribution < 1.29 is 31.2 Å². The lowest BCUT2D eigenvalue weighted by Crippen LogP contribution is -2.24. The molecular formula is C40H41N11O7S2. The van der Waals surface area contributed by atoms with Crippen LogP contribution in [0, 0.1) is 0 Å². The van der Waals surface area contributed by atoms with Crippen LogP contribution >= 0.6 is 0 Å². The third-order valence-electron chi connectivity index (χ3n) is 10.2. The van der Waals surface area contributed by atoms with Crippen molar-refractivity contribution in [3.05, 3.63) is 89.8 Å². The molecule has 3 N–H and O–H groups in total. The minimum absolute atomic E-state index is 0.0168. The van der Waals surface area contributed by atoms with Crippen LogP contribution < -0.4 is 24.6 Å². The number of carbonyl (C=O) groups is 3. The highest BCUT2D eigenvalue weighted by Crippen LogP contribution is 2.33. The molecule has 0 spiro atoms. The SMILES string of the molecule is CN(c1cccc(-c2cc(NC3CC3)n3ncc(/C=C4\CC(=O)NC4=O)c3n2)c1)S(C)(=O)=O.CN(c1cccc(-c2cc(NC3CC3)n3ncc(C=O)c3n2)c1)S(C)(=O)=O. The number of nitrogens with zero attached hydrogens (tertiary/aromatic N) is 8. The third-order valence-corrected chi connectivity index (χ3v) is 12.6. The number of fused-ring (bicyclic) bond motifs is 2. The maximum absolute atomic E-state index is 12.0. The predicted molar refractivity (Wildman–Crippen MR) is 228 cm³/mol. The number of sulfonamides is 2. The summed E-state index contributed by atoms with van der Waals surface area (Å²) in [7, 11) is -3.77. The number of hydrogen-bond acceptors (Lipinski definition) is 13. The molecule has 2 aromatic carbocycles. The molecule has 5 heterocycles. The van der Waals surface area contributed by atoms with E-state index in [0.29, 0.717) is 62.8 Å². The summed E-state index contributed by atoms with van der Waals surface area (Å²) in [6, 6.07) is 18.7. The molecular weight excluding hydrogens is 811 g/mol. The van der Waals surface area contributed by atoms with Crippen LogP contribution in [-0.2, 0) is 29.6 Å². The second-order valence-electron chi connectivity index (χ2n) is 15.0. The fourth-order valence-corrected chi connectivity index (χ4v) is 7.43. The normalized spacial score (nSPS) is 16.1. The van der Waals surface area contributed by atoms with Gasteiger partial charge in [0.2, 0.25) is 26.0 Å². The molecule has 4 aromatic heterocycles. The highest BCUT2D eigenvalue weighted by molar-refractivity contribution is 7.92. The van der Waals surface area contributed by atoms with Crippen LogP contribution in [0.1, 0.15) is 48.0 Å². The van der Waals surface area contributed by atoms with Gasteiger partial charge in [-0.25, -0.2) is 26.8 Å². The maximum Gasteiger partial charge on any atom is 0.254 e. The van der Waals surface area contributed by atoms with Crippen molar-refractivity contribution in [2.75, 3.05) is 45.9 Å². The summed E-state index contributed by atoms with van der Waals surface area (Å²) in [6.45, 7) is 0. The van der Waals surface area contributed by atoms with Gasteiger partial charge in [-0.3, -0.25) is 28.3 Å². The minimum atomic E-state index is -3.41. The third kappa shape index (κ3) is 8.55. The number of hydrogen-bond donors (Lipinski definition) is 3. The zero-order valence-electron chi connectivity index (χ0n) is 33.0. The Morgan fingerprint density at radius 1 is 0.717 bits per heavy atom. The van der Waals surface area contributed by atoms with E-state index < -0.39 is 26.0 Å². The second kappa shape index (κ2) is 15.5. The Labute approximate surface area is 345 Å². The first-order valence-corrected chi connectivity index (χ1v) is 22.6. The Kier molecular flexibility index (Phi) is 10.4. The molecule has 0 radical (unpaired) electrons. The van der Waals surface area contributed by atoms with Gasteiger partial charge in [0.05, 0.1) is 59.7 Å². The molecule has 3 aliphatic rings. The first-order valence-electron chi connectivity index (χ1n) is 18.9. The van der Waals surface area contributed by atoms with Gasteiger partial charge in [-0.2, -0.15) is 19.2 Å². The predicted octanol–water partition coefficient (Wildman–Crippen LogP) is 3.98. The first-order chi connectivity index (χ1) is 28.5. The highest BCUT2D eigenvalue weighted by Gasteiger charge is 2.27. The number of benzene rings is 2. The van der Waals surface area contributed by atoms with Crippen molar-refractivity contribution in [1.29, 1.82) is 0 Å². The average molecular weight is 852 g/mol. The van der Waals surface area contributed by atoms with Crippen molar-refractivity contribution in [1.82, 2.24) is 34.5 Å². The summed E-state index contributed by atoms with van der Waals surface area (Å²) in [6.07, 6.45) is 12.1. The lowest BCUT2D eigenvalue weighted by molar-refractivity contribution is -0.124. The minimum Gasteiger partial charge on any atom is -0.367 e. The van der Waals surface area contributed by atoms with E-state index in [-0.39, 0.29) is 12.3 Å². The number of anilines is 4. The van der Waals surface area contributed by atoms with E-state index in [1.807, 2.05) is 24.3 Å². The van der Waals surface area contributed by atoms with Crippen molar-refractivity contribution in [3.8, 4) is 22.5 Å². The van der Waals surface area contributed by atoms with E-state index in [0.717, 1.165) is 67.2 Å². The van der Waals surface area contributed by atoms with E-state index >= 15 is 0 Å². The van der Waals surface area contributed by atoms with E-state index in [4.69, 9.17) is 4.98 Å². The first kappa shape index (κ1) is 40.1. The molecule has 0 bridgehead atoms. The summed E-state index contributed by atoms with van der Waals surface area (Å²) in [5, 5.41) is 17.8. The maximum atomic E-state index is 12.0. The molecule has 1 aliphatic heterocycles. The van der Waals surface area contributed by atoms with Gasteiger partial charge in [-0.05, 0) is 56.0 Å². The summed E-state index contributed by atoms with van der Waals surface area (Å²) in [5.41, 5.74) is 6.17. The molecule has 6 aromatic rings. The van der Waals surface area contributed by atoms with Gasteiger partial charge in [0.15, 0.2) is 17.6 Å². The van der Waals surface area contributed by atoms with Crippen LogP contribution in [0.25, 0.3) is 39.9 Å². The number of aromatic nitrogens is 6. The van der Waals surface area contributed by atoms with Gasteiger partial charge < -0.3 is 10.6 Å². The molecule has 310 valence electrons. The molecule has 2 amide bonds. The molecule has 2 aliphatic carbocycles. The largest absolute Gasteiger partial charge is 0.367 e. The number of rotatable bonds is 12. The van der Waals surface area contributed by atoms with Crippen LogP contribution in [0.5, 0.6) is 0 Å². The van der Waals surface area contributed by atoms with Crippen LogP contribution in [0.4, 0.5) is 23.0 Å². The number of aldehydes is 1. The van der Waals surface area contributed by atoms with E-state index in [2.05, 4.69) is 31.1 Å². The molecule has 18 nitrogen and oxygen atoms in total. The molecule has 9 rings (SSSR count). The van der Waals surface area contributed by atoms with Gasteiger partial charge in [0.1, 0.15) is 11.6 Å². The van der Waals surface area contributed by atoms with Crippen LogP contribution in [-0.4, -0.2) is 103 Å². The second-order valence-corrected chi connectivity index (χ2v) is 19.0. The topological polar surface area (TPSA) is 222 Å². The van der Waals surface area contributed by atoms with Crippen molar-refractivity contribution in [2.24, 2.45) is 0 Å². The summed E-state index contributed by atoms with van der Waals surface area (Å²) in [5.74, 6) is 0.756. The average Bonchev–Trinajstić information content (AvgIpc) is 4.11. The molecule has 1 saturated heterocycles. The Balaban J connectivity index is 0.000000170. The zero-order valence-corrected chi connectivity index (χ0v) is 34.7. The van der Waals surface area contributed by atoms with Gasteiger partial charge in [0, 0.05) is 60.6 Å². The van der Waals surface area contributed by atoms with Gasteiger partial charge >= 0.3 is 0 Å². The van der Waals surface area contributed by atoms with Crippen LogP contribution in [0.2, 0.25) is 0 Å². The summed E-state index contributed by atoms with van der Waals surface area (Å²) >= 11 is 0. The highest BCUT2D eigenvalue weighted by atomic mass is 32.2. The van der Waals surface area contributed by atoms with Crippen LogP contribution in [0.15, 0.2) is 78.6 Å². The van der Waals surface area contributed by atoms with Gasteiger partial charge in [-0.15, -0.1) is 0 Å². The number of amides is 2. The Hall–Kier alpha value is -6.67. The lowest BCUT2D eigenvalue weighted by Gasteiger charge is -2.17. The van der Waals surface area contributed by atoms with Crippen LogP contribution in [0.3, 0.4) is 0 Å². The van der Waals surface area contributed by atoms with Crippen molar-refractivity contribution in [2.45, 2.75) is 44.2 Å². The Morgan fingerprint density at radius 3 is 1.60 bits per heavy atom. The van der Waals surface area contributed by atoms with Crippen molar-refractivity contribution >= 4 is 78.5 Å². The number of imide groups is 1. The zero-order chi connectivity index (χ0) is 42.5. The van der Waals surface area contributed by atoms with E-state index in [9.17, 15) is 31.2 Å². The molecule has 0 atom stereocenters. The van der Waals surface area contributed by atoms with E-state index in [1.54, 1.807) is 57.7 Å². The molecule has 0 unspecified atom stereocenters. The fourth-order valence-electron chi connectivity index (χ4n) is 6.43. The summed E-state index contributed by atoms with van der Waals surface area (Å²) in [4.78, 5) is 44.3. The quantitative estimate of drug-likeness (QED) is 0.0902. The molecule has 60 heavy (non-hydrogen) atoms. The van der Waals surface area contributed by atoms with Gasteiger partial charge in [-0.1, -0.05) is 24.3 Å². The van der Waals surface area contributed by atoms with E-state index in [1.165, 1.54) is 28.9 Å². The number of nitrogens with one attached hydrogen (secondary N) is 3. The molecule has 3 fully saturated rings. The Bertz CT molecular complexity index is 2970. The summed E-state index contributed by atoms with van der Waals surface area (Å²) < 4.78 is 53.4. The van der Waals surface area contributed by atoms with Gasteiger partial charge in [0.25, 0.3) is 5.91 Å².